The van der Waals surface area contributed by atoms with Crippen molar-refractivity contribution in [2.45, 2.75) is 52.7 Å². The molecule has 0 bridgehead atoms. The number of alkyl carbamates (subject to hydrolysis) is 1. The van der Waals surface area contributed by atoms with Gasteiger partial charge in [0.2, 0.25) is 5.91 Å². The molecule has 0 saturated carbocycles. The van der Waals surface area contributed by atoms with Gasteiger partial charge in [0.25, 0.3) is 0 Å². The number of rotatable bonds is 5. The van der Waals surface area contributed by atoms with Gasteiger partial charge in [-0.15, -0.1) is 0 Å². The van der Waals surface area contributed by atoms with Crippen molar-refractivity contribution in [1.29, 1.82) is 0 Å². The van der Waals surface area contributed by atoms with Gasteiger partial charge in [0.1, 0.15) is 5.60 Å². The van der Waals surface area contributed by atoms with Crippen LogP contribution in [0.2, 0.25) is 0 Å². The van der Waals surface area contributed by atoms with E-state index in [4.69, 9.17) is 4.74 Å². The van der Waals surface area contributed by atoms with Crippen LogP contribution in [0, 0.1) is 11.8 Å². The molecular formula is C19H35N3O5S. The van der Waals surface area contributed by atoms with Gasteiger partial charge in [-0.05, 0) is 33.1 Å². The fourth-order valence-corrected chi connectivity index (χ4v) is 5.48. The van der Waals surface area contributed by atoms with Crippen LogP contribution < -0.4 is 5.32 Å². The highest BCUT2D eigenvalue weighted by Gasteiger charge is 2.36. The van der Waals surface area contributed by atoms with E-state index in [0.717, 1.165) is 0 Å². The maximum atomic E-state index is 13.0. The van der Waals surface area contributed by atoms with Crippen molar-refractivity contribution < 1.29 is 22.7 Å². The first-order valence-electron chi connectivity index (χ1n) is 10.1. The van der Waals surface area contributed by atoms with E-state index in [1.54, 1.807) is 20.8 Å². The van der Waals surface area contributed by atoms with Crippen molar-refractivity contribution in [1.82, 2.24) is 15.1 Å². The van der Waals surface area contributed by atoms with Crippen molar-refractivity contribution >= 4 is 21.8 Å². The first kappa shape index (κ1) is 22.9. The SMILES string of the molecule is CC(C)[C@H](CNC(=O)OC(C)(C)C)C(=O)N1CCN([C@@H]2CCS(=O)(=O)C2)CC1. The summed E-state index contributed by atoms with van der Waals surface area (Å²) in [5.74, 6) is 0.300. The smallest absolute Gasteiger partial charge is 0.407 e. The van der Waals surface area contributed by atoms with E-state index < -0.39 is 21.5 Å². The van der Waals surface area contributed by atoms with E-state index in [0.29, 0.717) is 32.6 Å². The van der Waals surface area contributed by atoms with Crippen molar-refractivity contribution in [3.8, 4) is 0 Å². The second-order valence-corrected chi connectivity index (χ2v) is 11.4. The average Bonchev–Trinajstić information content (AvgIpc) is 2.93. The van der Waals surface area contributed by atoms with E-state index in [1.165, 1.54) is 0 Å². The molecule has 2 aliphatic rings. The van der Waals surface area contributed by atoms with Crippen LogP contribution in [0.3, 0.4) is 0 Å². The molecule has 0 aliphatic carbocycles. The molecule has 0 spiro atoms. The molecule has 2 rings (SSSR count). The summed E-state index contributed by atoms with van der Waals surface area (Å²) in [5, 5.41) is 2.72. The van der Waals surface area contributed by atoms with Crippen LogP contribution in [0.25, 0.3) is 0 Å². The molecule has 2 atom stereocenters. The van der Waals surface area contributed by atoms with E-state index in [1.807, 2.05) is 18.7 Å². The number of carbonyl (C=O) groups excluding carboxylic acids is 2. The number of sulfone groups is 1. The summed E-state index contributed by atoms with van der Waals surface area (Å²) < 4.78 is 28.6. The number of nitrogens with zero attached hydrogens (tertiary/aromatic N) is 2. The van der Waals surface area contributed by atoms with Gasteiger partial charge in [-0.25, -0.2) is 13.2 Å². The summed E-state index contributed by atoms with van der Waals surface area (Å²) in [6.07, 6.45) is 0.170. The Morgan fingerprint density at radius 2 is 1.75 bits per heavy atom. The van der Waals surface area contributed by atoms with Crippen molar-refractivity contribution in [2.24, 2.45) is 11.8 Å². The molecule has 0 aromatic heterocycles. The zero-order chi connectivity index (χ0) is 21.1. The van der Waals surface area contributed by atoms with Gasteiger partial charge in [-0.1, -0.05) is 13.8 Å². The minimum absolute atomic E-state index is 0.0322. The summed E-state index contributed by atoms with van der Waals surface area (Å²) >= 11 is 0. The quantitative estimate of drug-likeness (QED) is 0.720. The third-order valence-electron chi connectivity index (χ3n) is 5.34. The fourth-order valence-electron chi connectivity index (χ4n) is 3.72. The Morgan fingerprint density at radius 1 is 1.14 bits per heavy atom. The number of nitrogens with one attached hydrogen (secondary N) is 1. The summed E-state index contributed by atoms with van der Waals surface area (Å²) in [7, 11) is -2.90. The number of amides is 2. The van der Waals surface area contributed by atoms with E-state index in [9.17, 15) is 18.0 Å². The Kier molecular flexibility index (Phi) is 7.36. The second-order valence-electron chi connectivity index (χ2n) is 9.15. The van der Waals surface area contributed by atoms with Crippen LogP contribution >= 0.6 is 0 Å². The Hall–Kier alpha value is -1.35. The molecule has 0 unspecified atom stereocenters. The standard InChI is InChI=1S/C19H35N3O5S/c1-14(2)16(12-20-18(24)27-19(3,4)5)17(23)22-9-7-21(8-10-22)15-6-11-28(25,26)13-15/h14-16H,6-13H2,1-5H3,(H,20,24)/t15-,16+/m1/s1. The molecule has 0 radical (unpaired) electrons. The molecule has 2 amide bonds. The zero-order valence-corrected chi connectivity index (χ0v) is 18.5. The summed E-state index contributed by atoms with van der Waals surface area (Å²) in [6.45, 7) is 12.1. The lowest BCUT2D eigenvalue weighted by atomic mass is 9.94. The number of ether oxygens (including phenoxy) is 1. The van der Waals surface area contributed by atoms with Crippen LogP contribution in [-0.4, -0.2) is 86.1 Å². The molecule has 2 heterocycles. The van der Waals surface area contributed by atoms with E-state index in [-0.39, 0.29) is 41.8 Å². The molecule has 1 N–H and O–H groups in total. The summed E-state index contributed by atoms with van der Waals surface area (Å²) in [4.78, 5) is 28.9. The second kappa shape index (κ2) is 8.98. The lowest BCUT2D eigenvalue weighted by molar-refractivity contribution is -0.138. The number of piperazine rings is 1. The van der Waals surface area contributed by atoms with Gasteiger partial charge in [0.05, 0.1) is 17.4 Å². The predicted molar refractivity (Wildman–Crippen MR) is 108 cm³/mol. The van der Waals surface area contributed by atoms with Gasteiger partial charge >= 0.3 is 6.09 Å². The molecule has 2 saturated heterocycles. The monoisotopic (exact) mass is 417 g/mol. The van der Waals surface area contributed by atoms with Gasteiger partial charge in [0, 0.05) is 38.8 Å². The molecular weight excluding hydrogens is 382 g/mol. The zero-order valence-electron chi connectivity index (χ0n) is 17.7. The van der Waals surface area contributed by atoms with Crippen LogP contribution in [0.4, 0.5) is 4.79 Å². The van der Waals surface area contributed by atoms with Gasteiger partial charge < -0.3 is 15.0 Å². The topological polar surface area (TPSA) is 96.0 Å². The molecule has 28 heavy (non-hydrogen) atoms. The fraction of sp³-hybridized carbons (Fsp3) is 0.895. The molecule has 162 valence electrons. The Morgan fingerprint density at radius 3 is 2.21 bits per heavy atom. The van der Waals surface area contributed by atoms with Gasteiger partial charge in [-0.3, -0.25) is 9.69 Å². The van der Waals surface area contributed by atoms with Crippen LogP contribution in [0.1, 0.15) is 41.0 Å². The van der Waals surface area contributed by atoms with Crippen molar-refractivity contribution in [3.05, 3.63) is 0 Å². The predicted octanol–water partition coefficient (Wildman–Crippen LogP) is 1.11. The lowest BCUT2D eigenvalue weighted by Crippen LogP contribution is -2.54. The maximum Gasteiger partial charge on any atom is 0.407 e. The normalized spacial score (nSPS) is 24.2. The highest BCUT2D eigenvalue weighted by molar-refractivity contribution is 7.91. The van der Waals surface area contributed by atoms with Crippen LogP contribution in [0.5, 0.6) is 0 Å². The third-order valence-corrected chi connectivity index (χ3v) is 7.09. The minimum atomic E-state index is -2.90. The molecule has 2 fully saturated rings. The number of hydrogen-bond acceptors (Lipinski definition) is 6. The average molecular weight is 418 g/mol. The molecule has 2 aliphatic heterocycles. The van der Waals surface area contributed by atoms with Crippen LogP contribution in [-0.2, 0) is 19.4 Å². The Labute approximate surface area is 168 Å². The maximum absolute atomic E-state index is 13.0. The van der Waals surface area contributed by atoms with E-state index in [2.05, 4.69) is 10.2 Å². The molecule has 0 aromatic rings. The minimum Gasteiger partial charge on any atom is -0.444 e. The largest absolute Gasteiger partial charge is 0.444 e. The van der Waals surface area contributed by atoms with Crippen molar-refractivity contribution in [3.63, 3.8) is 0 Å². The van der Waals surface area contributed by atoms with Gasteiger partial charge in [0.15, 0.2) is 9.84 Å². The number of carbonyl (C=O) groups is 2. The first-order chi connectivity index (χ1) is 12.9. The lowest BCUT2D eigenvalue weighted by Gasteiger charge is -2.39. The molecule has 9 heteroatoms. The highest BCUT2D eigenvalue weighted by atomic mass is 32.2. The highest BCUT2D eigenvalue weighted by Crippen LogP contribution is 2.21. The number of hydrogen-bond donors (Lipinski definition) is 1. The summed E-state index contributed by atoms with van der Waals surface area (Å²) in [5.41, 5.74) is -0.578. The molecule has 8 nitrogen and oxygen atoms in total. The molecule has 0 aromatic carbocycles. The van der Waals surface area contributed by atoms with Crippen molar-refractivity contribution in [2.75, 3.05) is 44.2 Å². The third kappa shape index (κ3) is 6.62. The Bertz CT molecular complexity index is 664. The summed E-state index contributed by atoms with van der Waals surface area (Å²) in [6, 6.07) is 0.0805. The Balaban J connectivity index is 1.86. The first-order valence-corrected chi connectivity index (χ1v) is 11.9. The van der Waals surface area contributed by atoms with Crippen LogP contribution in [0.15, 0.2) is 0 Å². The van der Waals surface area contributed by atoms with Gasteiger partial charge in [-0.2, -0.15) is 0 Å². The van der Waals surface area contributed by atoms with E-state index >= 15 is 0 Å².